The van der Waals surface area contributed by atoms with Crippen molar-refractivity contribution < 1.29 is 18.0 Å². The highest BCUT2D eigenvalue weighted by molar-refractivity contribution is 5.76. The van der Waals surface area contributed by atoms with Crippen LogP contribution >= 0.6 is 0 Å². The Kier molecular flexibility index (Phi) is 4.55. The molecule has 1 aliphatic heterocycles. The van der Waals surface area contributed by atoms with E-state index < -0.39 is 24.9 Å². The summed E-state index contributed by atoms with van der Waals surface area (Å²) < 4.78 is 38.5. The lowest BCUT2D eigenvalue weighted by molar-refractivity contribution is -0.149. The van der Waals surface area contributed by atoms with Gasteiger partial charge in [-0.2, -0.15) is 18.3 Å². The highest BCUT2D eigenvalue weighted by Crippen LogP contribution is 2.22. The molecule has 1 aromatic carbocycles. The Morgan fingerprint density at radius 1 is 1.12 bits per heavy atom. The van der Waals surface area contributed by atoms with E-state index in [-0.39, 0.29) is 0 Å². The van der Waals surface area contributed by atoms with E-state index in [1.165, 1.54) is 4.90 Å². The van der Waals surface area contributed by atoms with E-state index in [1.54, 1.807) is 4.68 Å². The molecule has 8 heteroatoms. The SMILES string of the molecule is O=C(CCC(F)(F)F)N1CCc2nc(-c3ccccc3)nn2CC1. The largest absolute Gasteiger partial charge is 0.389 e. The molecule has 1 aromatic heterocycles. The molecule has 0 fully saturated rings. The van der Waals surface area contributed by atoms with Gasteiger partial charge >= 0.3 is 6.18 Å². The third-order valence-electron chi connectivity index (χ3n) is 3.94. The zero-order valence-corrected chi connectivity index (χ0v) is 13.0. The molecular formula is C16H17F3N4O. The van der Waals surface area contributed by atoms with Gasteiger partial charge in [0.05, 0.1) is 13.0 Å². The lowest BCUT2D eigenvalue weighted by atomic mass is 10.2. The number of nitrogens with zero attached hydrogens (tertiary/aromatic N) is 4. The van der Waals surface area contributed by atoms with E-state index >= 15 is 0 Å². The van der Waals surface area contributed by atoms with Gasteiger partial charge in [-0.15, -0.1) is 0 Å². The lowest BCUT2D eigenvalue weighted by Crippen LogP contribution is -2.34. The first-order chi connectivity index (χ1) is 11.4. The van der Waals surface area contributed by atoms with Gasteiger partial charge < -0.3 is 4.90 Å². The molecule has 3 rings (SSSR count). The molecule has 5 nitrogen and oxygen atoms in total. The number of amides is 1. The van der Waals surface area contributed by atoms with Gasteiger partial charge in [0.15, 0.2) is 5.82 Å². The summed E-state index contributed by atoms with van der Waals surface area (Å²) >= 11 is 0. The zero-order chi connectivity index (χ0) is 17.2. The number of fused-ring (bicyclic) bond motifs is 1. The minimum atomic E-state index is -4.31. The summed E-state index contributed by atoms with van der Waals surface area (Å²) in [5.74, 6) is 0.906. The van der Waals surface area contributed by atoms with Gasteiger partial charge in [-0.05, 0) is 0 Å². The Morgan fingerprint density at radius 2 is 1.88 bits per heavy atom. The lowest BCUT2D eigenvalue weighted by Gasteiger charge is -2.20. The smallest absolute Gasteiger partial charge is 0.340 e. The van der Waals surface area contributed by atoms with Crippen LogP contribution in [0.4, 0.5) is 13.2 Å². The predicted molar refractivity (Wildman–Crippen MR) is 81.0 cm³/mol. The van der Waals surface area contributed by atoms with Crippen LogP contribution in [0.1, 0.15) is 18.7 Å². The highest BCUT2D eigenvalue weighted by Gasteiger charge is 2.29. The Bertz CT molecular complexity index is 686. The normalized spacial score (nSPS) is 15.0. The van der Waals surface area contributed by atoms with Crippen LogP contribution in [-0.2, 0) is 17.8 Å². The van der Waals surface area contributed by atoms with Crippen LogP contribution in [0.2, 0.25) is 0 Å². The van der Waals surface area contributed by atoms with Gasteiger partial charge in [0, 0.05) is 31.5 Å². The average molecular weight is 338 g/mol. The number of halogens is 3. The minimum Gasteiger partial charge on any atom is -0.340 e. The van der Waals surface area contributed by atoms with Crippen LogP contribution in [0, 0.1) is 0 Å². The third kappa shape index (κ3) is 3.93. The maximum Gasteiger partial charge on any atom is 0.389 e. The van der Waals surface area contributed by atoms with Gasteiger partial charge in [0.1, 0.15) is 5.82 Å². The molecule has 2 aromatic rings. The second-order valence-corrected chi connectivity index (χ2v) is 5.69. The first-order valence-corrected chi connectivity index (χ1v) is 7.76. The summed E-state index contributed by atoms with van der Waals surface area (Å²) in [4.78, 5) is 17.9. The molecule has 0 atom stereocenters. The first kappa shape index (κ1) is 16.5. The molecule has 0 unspecified atom stereocenters. The van der Waals surface area contributed by atoms with E-state index in [0.717, 1.165) is 11.4 Å². The fourth-order valence-corrected chi connectivity index (χ4v) is 2.67. The van der Waals surface area contributed by atoms with Crippen LogP contribution in [0.25, 0.3) is 11.4 Å². The van der Waals surface area contributed by atoms with Gasteiger partial charge in [-0.1, -0.05) is 30.3 Å². The Labute approximate surface area is 137 Å². The van der Waals surface area contributed by atoms with Gasteiger partial charge in [-0.3, -0.25) is 4.79 Å². The van der Waals surface area contributed by atoms with E-state index in [9.17, 15) is 18.0 Å². The zero-order valence-electron chi connectivity index (χ0n) is 13.0. The van der Waals surface area contributed by atoms with E-state index in [0.29, 0.717) is 31.9 Å². The fraction of sp³-hybridized carbons (Fsp3) is 0.438. The summed E-state index contributed by atoms with van der Waals surface area (Å²) in [6, 6.07) is 9.56. The third-order valence-corrected chi connectivity index (χ3v) is 3.94. The summed E-state index contributed by atoms with van der Waals surface area (Å²) in [5, 5.41) is 4.45. The van der Waals surface area contributed by atoms with Crippen LogP contribution < -0.4 is 0 Å². The van der Waals surface area contributed by atoms with Crippen molar-refractivity contribution in [3.05, 3.63) is 36.2 Å². The maximum absolute atomic E-state index is 12.2. The first-order valence-electron chi connectivity index (χ1n) is 7.76. The number of hydrogen-bond donors (Lipinski definition) is 0. The molecular weight excluding hydrogens is 321 g/mol. The number of carbonyl (C=O) groups is 1. The van der Waals surface area contributed by atoms with Gasteiger partial charge in [0.25, 0.3) is 0 Å². The second-order valence-electron chi connectivity index (χ2n) is 5.69. The van der Waals surface area contributed by atoms with Crippen LogP contribution in [0.15, 0.2) is 30.3 Å². The van der Waals surface area contributed by atoms with Crippen LogP contribution in [-0.4, -0.2) is 44.8 Å². The Morgan fingerprint density at radius 3 is 2.58 bits per heavy atom. The van der Waals surface area contributed by atoms with Gasteiger partial charge in [-0.25, -0.2) is 9.67 Å². The molecule has 0 bridgehead atoms. The molecule has 1 aliphatic rings. The predicted octanol–water partition coefficient (Wildman–Crippen LogP) is 2.67. The van der Waals surface area contributed by atoms with E-state index in [1.807, 2.05) is 30.3 Å². The van der Waals surface area contributed by atoms with Crippen molar-refractivity contribution in [1.82, 2.24) is 19.7 Å². The van der Waals surface area contributed by atoms with Crippen molar-refractivity contribution >= 4 is 5.91 Å². The quantitative estimate of drug-likeness (QED) is 0.865. The fourth-order valence-electron chi connectivity index (χ4n) is 2.67. The van der Waals surface area contributed by atoms with E-state index in [4.69, 9.17) is 0 Å². The molecule has 0 saturated heterocycles. The van der Waals surface area contributed by atoms with Crippen molar-refractivity contribution in [3.63, 3.8) is 0 Å². The van der Waals surface area contributed by atoms with E-state index in [2.05, 4.69) is 10.1 Å². The maximum atomic E-state index is 12.2. The molecule has 0 aliphatic carbocycles. The molecule has 128 valence electrons. The molecule has 0 radical (unpaired) electrons. The minimum absolute atomic E-state index is 0.348. The van der Waals surface area contributed by atoms with Crippen molar-refractivity contribution in [3.8, 4) is 11.4 Å². The second kappa shape index (κ2) is 6.62. The topological polar surface area (TPSA) is 51.0 Å². The summed E-state index contributed by atoms with van der Waals surface area (Å²) in [7, 11) is 0. The van der Waals surface area contributed by atoms with Crippen molar-refractivity contribution in [2.24, 2.45) is 0 Å². The molecule has 0 N–H and O–H groups in total. The highest BCUT2D eigenvalue weighted by atomic mass is 19.4. The molecule has 0 spiro atoms. The average Bonchev–Trinajstić information content (AvgIpc) is 2.86. The number of benzene rings is 1. The standard InChI is InChI=1S/C16H17F3N4O/c17-16(18,19)8-6-14(24)22-9-7-13-20-15(21-23(13)11-10-22)12-4-2-1-3-5-12/h1-5H,6-11H2. The Hall–Kier alpha value is -2.38. The summed E-state index contributed by atoms with van der Waals surface area (Å²) in [6.07, 6.45) is -5.41. The Balaban J connectivity index is 1.64. The number of carbonyl (C=O) groups excluding carboxylic acids is 1. The number of hydrogen-bond acceptors (Lipinski definition) is 3. The number of aromatic nitrogens is 3. The summed E-state index contributed by atoms with van der Waals surface area (Å²) in [6.45, 7) is 1.15. The van der Waals surface area contributed by atoms with Crippen LogP contribution in [0.3, 0.4) is 0 Å². The molecule has 0 saturated carbocycles. The number of alkyl halides is 3. The van der Waals surface area contributed by atoms with Crippen molar-refractivity contribution in [2.75, 3.05) is 13.1 Å². The summed E-state index contributed by atoms with van der Waals surface area (Å²) in [5.41, 5.74) is 0.913. The van der Waals surface area contributed by atoms with Gasteiger partial charge in [0.2, 0.25) is 5.91 Å². The van der Waals surface area contributed by atoms with Crippen LogP contribution in [0.5, 0.6) is 0 Å². The molecule has 1 amide bonds. The molecule has 24 heavy (non-hydrogen) atoms. The van der Waals surface area contributed by atoms with Crippen molar-refractivity contribution in [2.45, 2.75) is 32.0 Å². The molecule has 2 heterocycles. The monoisotopic (exact) mass is 338 g/mol. The number of rotatable bonds is 3. The van der Waals surface area contributed by atoms with Crippen molar-refractivity contribution in [1.29, 1.82) is 0 Å².